The predicted octanol–water partition coefficient (Wildman–Crippen LogP) is 2.74. The highest BCUT2D eigenvalue weighted by molar-refractivity contribution is 7.92. The molecular formula is C27H29ClF2N2O8S. The maximum atomic E-state index is 13.8. The number of hydrogen-bond acceptors (Lipinski definition) is 8. The van der Waals surface area contributed by atoms with Gasteiger partial charge in [-0.2, -0.15) is 0 Å². The standard InChI is InChI=1S/C27H29ClF2N2O8S/c28-19-5-1-14(25(35)31-17-4-6-20(29)21(30)12-17)9-23(19)41(38,39)18-10-15-2-3-16(11-18)27(15,37)24(34)22(33)13-32-7-8-40-26(32)36/h1,4-6,9,12,15-16,18,22,24,33-34,37H,2-3,7-8,10-11,13H2,(H,31,35)/t15-,16?,18?,22?,24?,27?/m0/s1. The molecule has 41 heavy (non-hydrogen) atoms. The maximum Gasteiger partial charge on any atom is 0.410 e. The molecular weight excluding hydrogens is 586 g/mol. The summed E-state index contributed by atoms with van der Waals surface area (Å²) in [7, 11) is -4.13. The Morgan fingerprint density at radius 1 is 1.12 bits per heavy atom. The summed E-state index contributed by atoms with van der Waals surface area (Å²) >= 11 is 6.27. The van der Waals surface area contributed by atoms with Gasteiger partial charge in [0.25, 0.3) is 5.91 Å². The number of nitrogens with zero attached hydrogens (tertiary/aromatic N) is 1. The van der Waals surface area contributed by atoms with Gasteiger partial charge < -0.3 is 30.3 Å². The van der Waals surface area contributed by atoms with Crippen molar-refractivity contribution in [1.82, 2.24) is 4.90 Å². The van der Waals surface area contributed by atoms with Gasteiger partial charge in [-0.15, -0.1) is 0 Å². The minimum atomic E-state index is -4.13. The number of carbonyl (C=O) groups excluding carboxylic acids is 2. The van der Waals surface area contributed by atoms with Crippen LogP contribution in [-0.4, -0.2) is 83.4 Å². The minimum Gasteiger partial charge on any atom is -0.448 e. The van der Waals surface area contributed by atoms with E-state index < -0.39 is 68.4 Å². The molecule has 2 amide bonds. The van der Waals surface area contributed by atoms with Crippen molar-refractivity contribution in [3.05, 3.63) is 58.6 Å². The molecule has 5 rings (SSSR count). The fourth-order valence-electron chi connectivity index (χ4n) is 6.32. The van der Waals surface area contributed by atoms with E-state index >= 15 is 0 Å². The molecule has 14 heteroatoms. The van der Waals surface area contributed by atoms with Crippen molar-refractivity contribution in [3.63, 3.8) is 0 Å². The van der Waals surface area contributed by atoms with E-state index in [1.165, 1.54) is 17.0 Å². The average molecular weight is 615 g/mol. The zero-order valence-electron chi connectivity index (χ0n) is 21.7. The van der Waals surface area contributed by atoms with Gasteiger partial charge in [-0.05, 0) is 67.9 Å². The number of amides is 2. The molecule has 5 unspecified atom stereocenters. The first-order valence-corrected chi connectivity index (χ1v) is 15.0. The lowest BCUT2D eigenvalue weighted by molar-refractivity contribution is -0.177. The van der Waals surface area contributed by atoms with Gasteiger partial charge in [0.1, 0.15) is 18.8 Å². The van der Waals surface area contributed by atoms with Crippen molar-refractivity contribution in [1.29, 1.82) is 0 Å². The van der Waals surface area contributed by atoms with Gasteiger partial charge in [0, 0.05) is 17.3 Å². The highest BCUT2D eigenvalue weighted by Gasteiger charge is 2.60. The number of fused-ring (bicyclic) bond motifs is 2. The molecule has 2 bridgehead atoms. The molecule has 1 heterocycles. The summed E-state index contributed by atoms with van der Waals surface area (Å²) in [5.74, 6) is -4.33. The number of ether oxygens (including phenoxy) is 1. The summed E-state index contributed by atoms with van der Waals surface area (Å²) in [5, 5.41) is 34.5. The van der Waals surface area contributed by atoms with E-state index in [9.17, 15) is 42.1 Å². The fourth-order valence-corrected chi connectivity index (χ4v) is 8.73. The third-order valence-corrected chi connectivity index (χ3v) is 11.1. The van der Waals surface area contributed by atoms with E-state index in [-0.39, 0.29) is 53.7 Å². The second-order valence-corrected chi connectivity index (χ2v) is 13.4. The summed E-state index contributed by atoms with van der Waals surface area (Å²) in [6.45, 7) is 0.165. The maximum absolute atomic E-state index is 13.8. The van der Waals surface area contributed by atoms with Crippen molar-refractivity contribution < 1.29 is 46.8 Å². The zero-order valence-corrected chi connectivity index (χ0v) is 23.2. The Morgan fingerprint density at radius 2 is 1.80 bits per heavy atom. The number of carbonyl (C=O) groups is 2. The normalized spacial score (nSPS) is 27.4. The molecule has 2 aromatic carbocycles. The van der Waals surface area contributed by atoms with Crippen LogP contribution in [-0.2, 0) is 14.6 Å². The van der Waals surface area contributed by atoms with Crippen LogP contribution < -0.4 is 5.32 Å². The van der Waals surface area contributed by atoms with Gasteiger partial charge in [-0.25, -0.2) is 22.0 Å². The minimum absolute atomic E-state index is 0.0214. The number of rotatable bonds is 8. The van der Waals surface area contributed by atoms with Crippen LogP contribution in [0.4, 0.5) is 19.3 Å². The molecule has 222 valence electrons. The average Bonchev–Trinajstić information content (AvgIpc) is 3.37. The van der Waals surface area contributed by atoms with E-state index in [1.54, 1.807) is 0 Å². The van der Waals surface area contributed by atoms with Crippen LogP contribution in [0.5, 0.6) is 0 Å². The molecule has 4 N–H and O–H groups in total. The summed E-state index contributed by atoms with van der Waals surface area (Å²) in [6, 6.07) is 6.47. The number of benzene rings is 2. The number of anilines is 1. The van der Waals surface area contributed by atoms with Gasteiger partial charge in [-0.1, -0.05) is 11.6 Å². The Labute approximate surface area is 239 Å². The Bertz CT molecular complexity index is 1460. The van der Waals surface area contributed by atoms with Crippen molar-refractivity contribution in [2.75, 3.05) is 25.0 Å². The van der Waals surface area contributed by atoms with E-state index in [1.807, 2.05) is 0 Å². The number of nitrogens with one attached hydrogen (secondary N) is 1. The smallest absolute Gasteiger partial charge is 0.410 e. The van der Waals surface area contributed by atoms with E-state index in [0.717, 1.165) is 24.3 Å². The number of hydrogen-bond donors (Lipinski definition) is 4. The fraction of sp³-hybridized carbons (Fsp3) is 0.481. The third-order valence-electron chi connectivity index (χ3n) is 8.47. The number of aliphatic hydroxyl groups excluding tert-OH is 2. The molecule has 3 aliphatic rings. The first kappa shape index (κ1) is 29.6. The van der Waals surface area contributed by atoms with Crippen molar-refractivity contribution in [2.45, 2.75) is 53.6 Å². The van der Waals surface area contributed by atoms with Crippen molar-refractivity contribution >= 4 is 39.1 Å². The Hall–Kier alpha value is -2.84. The van der Waals surface area contributed by atoms with Crippen LogP contribution in [0, 0.1) is 23.5 Å². The Kier molecular flexibility index (Phi) is 8.03. The van der Waals surface area contributed by atoms with Crippen molar-refractivity contribution in [2.24, 2.45) is 11.8 Å². The molecule has 2 saturated carbocycles. The second-order valence-electron chi connectivity index (χ2n) is 10.8. The molecule has 0 radical (unpaired) electrons. The van der Waals surface area contributed by atoms with Crippen LogP contribution in [0.1, 0.15) is 36.0 Å². The summed E-state index contributed by atoms with van der Waals surface area (Å²) in [6.07, 6.45) is -2.91. The quantitative estimate of drug-likeness (QED) is 0.354. The molecule has 0 spiro atoms. The SMILES string of the molecule is O=C(Nc1ccc(F)c(F)c1)c1ccc(Cl)c(S(=O)(=O)C2CC3CC[C@@H](C2)C3(O)C(O)C(O)CN2CCOC2=O)c1. The van der Waals surface area contributed by atoms with Crippen molar-refractivity contribution in [3.8, 4) is 0 Å². The topological polar surface area (TPSA) is 153 Å². The van der Waals surface area contributed by atoms with Crippen LogP contribution in [0.15, 0.2) is 41.3 Å². The second kappa shape index (κ2) is 11.1. The predicted molar refractivity (Wildman–Crippen MR) is 142 cm³/mol. The number of cyclic esters (lactones) is 1. The number of halogens is 3. The first-order chi connectivity index (χ1) is 19.3. The molecule has 10 nitrogen and oxygen atoms in total. The van der Waals surface area contributed by atoms with Gasteiger partial charge in [0.15, 0.2) is 21.5 Å². The molecule has 2 aromatic rings. The summed E-state index contributed by atoms with van der Waals surface area (Å²) < 4.78 is 59.1. The molecule has 0 aromatic heterocycles. The zero-order chi connectivity index (χ0) is 29.7. The number of β-amino-alcohol motifs (C(OH)–C–C–N with tert-alkyl or cyclic N) is 1. The molecule has 1 saturated heterocycles. The lowest BCUT2D eigenvalue weighted by Crippen LogP contribution is -2.60. The molecule has 1 aliphatic heterocycles. The Balaban J connectivity index is 1.33. The van der Waals surface area contributed by atoms with E-state index in [0.29, 0.717) is 12.8 Å². The van der Waals surface area contributed by atoms with Gasteiger partial charge >= 0.3 is 6.09 Å². The highest BCUT2D eigenvalue weighted by atomic mass is 35.5. The summed E-state index contributed by atoms with van der Waals surface area (Å²) in [5.41, 5.74) is -1.86. The molecule has 3 fully saturated rings. The lowest BCUT2D eigenvalue weighted by Gasteiger charge is -2.46. The first-order valence-electron chi connectivity index (χ1n) is 13.1. The van der Waals surface area contributed by atoms with Crippen LogP contribution in [0.3, 0.4) is 0 Å². The van der Waals surface area contributed by atoms with E-state index in [2.05, 4.69) is 5.32 Å². The largest absolute Gasteiger partial charge is 0.448 e. The van der Waals surface area contributed by atoms with Crippen LogP contribution >= 0.6 is 11.6 Å². The van der Waals surface area contributed by atoms with Crippen LogP contribution in [0.2, 0.25) is 5.02 Å². The Morgan fingerprint density at radius 3 is 2.41 bits per heavy atom. The number of sulfone groups is 1. The third kappa shape index (κ3) is 5.41. The monoisotopic (exact) mass is 614 g/mol. The molecule has 6 atom stereocenters. The number of aliphatic hydroxyl groups is 3. The van der Waals surface area contributed by atoms with Gasteiger partial charge in [0.2, 0.25) is 0 Å². The molecule has 2 aliphatic carbocycles. The van der Waals surface area contributed by atoms with E-state index in [4.69, 9.17) is 16.3 Å². The van der Waals surface area contributed by atoms with Gasteiger partial charge in [-0.3, -0.25) is 4.79 Å². The summed E-state index contributed by atoms with van der Waals surface area (Å²) in [4.78, 5) is 25.5. The lowest BCUT2D eigenvalue weighted by atomic mass is 9.70. The van der Waals surface area contributed by atoms with Crippen LogP contribution in [0.25, 0.3) is 0 Å². The van der Waals surface area contributed by atoms with Gasteiger partial charge in [0.05, 0.1) is 33.9 Å². The highest BCUT2D eigenvalue weighted by Crippen LogP contribution is 2.54.